The zero-order chi connectivity index (χ0) is 13.7. The molecule has 0 aromatic carbocycles. The molecule has 2 N–H and O–H groups in total. The van der Waals surface area contributed by atoms with Crippen LogP contribution in [0.3, 0.4) is 0 Å². The lowest BCUT2D eigenvalue weighted by molar-refractivity contribution is 0.192. The standard InChI is InChI=1S/C12H27NO3S/c1-6-17(15,16)9-10(2)13-11(8-14)7-12(3,4)5/h10-11,13-14H,6-9H2,1-5H3. The number of sulfone groups is 1. The molecule has 0 amide bonds. The molecule has 0 radical (unpaired) electrons. The van der Waals surface area contributed by atoms with Gasteiger partial charge in [0.25, 0.3) is 0 Å². The second-order valence-corrected chi connectivity index (χ2v) is 8.31. The fourth-order valence-electron chi connectivity index (χ4n) is 1.86. The fraction of sp³-hybridized carbons (Fsp3) is 1.00. The van der Waals surface area contributed by atoms with Crippen LogP contribution in [0.25, 0.3) is 0 Å². The second-order valence-electron chi connectivity index (χ2n) is 5.91. The van der Waals surface area contributed by atoms with Crippen LogP contribution in [0.15, 0.2) is 0 Å². The van der Waals surface area contributed by atoms with E-state index < -0.39 is 9.84 Å². The molecule has 4 nitrogen and oxygen atoms in total. The molecule has 0 rings (SSSR count). The van der Waals surface area contributed by atoms with Crippen molar-refractivity contribution in [3.63, 3.8) is 0 Å². The highest BCUT2D eigenvalue weighted by Gasteiger charge is 2.21. The van der Waals surface area contributed by atoms with Crippen molar-refractivity contribution < 1.29 is 13.5 Å². The number of hydrogen-bond donors (Lipinski definition) is 2. The van der Waals surface area contributed by atoms with Gasteiger partial charge in [0.2, 0.25) is 0 Å². The molecule has 17 heavy (non-hydrogen) atoms. The Labute approximate surface area is 106 Å². The molecule has 0 aromatic heterocycles. The van der Waals surface area contributed by atoms with E-state index in [1.54, 1.807) is 6.92 Å². The number of hydrogen-bond acceptors (Lipinski definition) is 4. The fourth-order valence-corrected chi connectivity index (χ4v) is 2.96. The zero-order valence-electron chi connectivity index (χ0n) is 11.7. The van der Waals surface area contributed by atoms with E-state index in [-0.39, 0.29) is 35.6 Å². The van der Waals surface area contributed by atoms with Crippen LogP contribution in [0, 0.1) is 5.41 Å². The summed E-state index contributed by atoms with van der Waals surface area (Å²) in [6.07, 6.45) is 0.819. The molecule has 0 aliphatic heterocycles. The number of rotatable bonds is 7. The molecule has 2 atom stereocenters. The minimum atomic E-state index is -2.96. The van der Waals surface area contributed by atoms with E-state index >= 15 is 0 Å². The summed E-state index contributed by atoms with van der Waals surface area (Å²) in [4.78, 5) is 0. The smallest absolute Gasteiger partial charge is 0.151 e. The molecule has 0 saturated carbocycles. The minimum absolute atomic E-state index is 0.0355. The highest BCUT2D eigenvalue weighted by atomic mass is 32.2. The Balaban J connectivity index is 4.30. The average molecular weight is 265 g/mol. The summed E-state index contributed by atoms with van der Waals surface area (Å²) in [5, 5.41) is 12.5. The molecular weight excluding hydrogens is 238 g/mol. The van der Waals surface area contributed by atoms with E-state index in [1.807, 2.05) is 6.92 Å². The number of aliphatic hydroxyl groups is 1. The first-order chi connectivity index (χ1) is 7.59. The van der Waals surface area contributed by atoms with Crippen molar-refractivity contribution in [2.45, 2.75) is 53.1 Å². The van der Waals surface area contributed by atoms with Crippen LogP contribution in [0.2, 0.25) is 0 Å². The third kappa shape index (κ3) is 8.57. The van der Waals surface area contributed by atoms with Crippen molar-refractivity contribution in [3.05, 3.63) is 0 Å². The maximum Gasteiger partial charge on any atom is 0.151 e. The number of aliphatic hydroxyl groups excluding tert-OH is 1. The van der Waals surface area contributed by atoms with E-state index in [9.17, 15) is 13.5 Å². The summed E-state index contributed by atoms with van der Waals surface area (Å²) in [5.41, 5.74) is 0.115. The SMILES string of the molecule is CCS(=O)(=O)CC(C)NC(CO)CC(C)(C)C. The lowest BCUT2D eigenvalue weighted by Crippen LogP contribution is -2.44. The van der Waals surface area contributed by atoms with Crippen LogP contribution in [-0.4, -0.2) is 43.7 Å². The highest BCUT2D eigenvalue weighted by Crippen LogP contribution is 2.20. The van der Waals surface area contributed by atoms with Gasteiger partial charge in [0.15, 0.2) is 9.84 Å². The van der Waals surface area contributed by atoms with Crippen LogP contribution in [0.1, 0.15) is 41.0 Å². The third-order valence-electron chi connectivity index (χ3n) is 2.54. The normalized spacial score (nSPS) is 16.8. The van der Waals surface area contributed by atoms with Crippen LogP contribution in [-0.2, 0) is 9.84 Å². The van der Waals surface area contributed by atoms with Crippen LogP contribution >= 0.6 is 0 Å². The topological polar surface area (TPSA) is 66.4 Å². The Kier molecular flexibility index (Phi) is 6.66. The molecule has 0 saturated heterocycles. The molecule has 0 bridgehead atoms. The van der Waals surface area contributed by atoms with E-state index in [1.165, 1.54) is 0 Å². The van der Waals surface area contributed by atoms with Crippen molar-refractivity contribution in [3.8, 4) is 0 Å². The molecule has 2 unspecified atom stereocenters. The summed E-state index contributed by atoms with van der Waals surface area (Å²) in [6, 6.07) is -0.170. The summed E-state index contributed by atoms with van der Waals surface area (Å²) in [6.45, 7) is 9.84. The van der Waals surface area contributed by atoms with E-state index in [2.05, 4.69) is 26.1 Å². The van der Waals surface area contributed by atoms with E-state index in [0.29, 0.717) is 0 Å². The van der Waals surface area contributed by atoms with Gasteiger partial charge < -0.3 is 10.4 Å². The zero-order valence-corrected chi connectivity index (χ0v) is 12.5. The Bertz CT molecular complexity index is 306. The highest BCUT2D eigenvalue weighted by molar-refractivity contribution is 7.91. The third-order valence-corrected chi connectivity index (χ3v) is 4.43. The first-order valence-electron chi connectivity index (χ1n) is 6.17. The molecule has 104 valence electrons. The van der Waals surface area contributed by atoms with Crippen LogP contribution in [0.5, 0.6) is 0 Å². The van der Waals surface area contributed by atoms with Crippen molar-refractivity contribution in [1.82, 2.24) is 5.32 Å². The van der Waals surface area contributed by atoms with Gasteiger partial charge in [-0.1, -0.05) is 27.7 Å². The molecule has 0 aliphatic rings. The second kappa shape index (κ2) is 6.71. The Morgan fingerprint density at radius 3 is 2.18 bits per heavy atom. The maximum atomic E-state index is 11.5. The van der Waals surface area contributed by atoms with Gasteiger partial charge in [0.05, 0.1) is 12.4 Å². The van der Waals surface area contributed by atoms with Crippen molar-refractivity contribution >= 4 is 9.84 Å². The molecule has 0 aromatic rings. The van der Waals surface area contributed by atoms with Gasteiger partial charge in [0, 0.05) is 17.8 Å². The van der Waals surface area contributed by atoms with Gasteiger partial charge in [-0.15, -0.1) is 0 Å². The predicted molar refractivity (Wildman–Crippen MR) is 71.9 cm³/mol. The van der Waals surface area contributed by atoms with E-state index in [4.69, 9.17) is 0 Å². The Morgan fingerprint density at radius 2 is 1.82 bits per heavy atom. The Morgan fingerprint density at radius 1 is 1.29 bits per heavy atom. The van der Waals surface area contributed by atoms with Gasteiger partial charge in [-0.3, -0.25) is 0 Å². The summed E-state index contributed by atoms with van der Waals surface area (Å²) >= 11 is 0. The lowest BCUT2D eigenvalue weighted by Gasteiger charge is -2.28. The van der Waals surface area contributed by atoms with Crippen molar-refractivity contribution in [2.24, 2.45) is 5.41 Å². The average Bonchev–Trinajstić information content (AvgIpc) is 2.13. The van der Waals surface area contributed by atoms with Crippen LogP contribution in [0.4, 0.5) is 0 Å². The Hall–Kier alpha value is -0.130. The maximum absolute atomic E-state index is 11.5. The van der Waals surface area contributed by atoms with Gasteiger partial charge in [-0.25, -0.2) is 8.42 Å². The number of nitrogens with one attached hydrogen (secondary N) is 1. The van der Waals surface area contributed by atoms with Gasteiger partial charge in [-0.2, -0.15) is 0 Å². The first kappa shape index (κ1) is 16.9. The van der Waals surface area contributed by atoms with Crippen molar-refractivity contribution in [2.75, 3.05) is 18.1 Å². The quantitative estimate of drug-likeness (QED) is 0.726. The first-order valence-corrected chi connectivity index (χ1v) is 7.99. The predicted octanol–water partition coefficient (Wildman–Crippen LogP) is 1.20. The largest absolute Gasteiger partial charge is 0.395 e. The summed E-state index contributed by atoms with van der Waals surface area (Å²) in [5.74, 6) is 0.298. The summed E-state index contributed by atoms with van der Waals surface area (Å²) < 4.78 is 22.9. The van der Waals surface area contributed by atoms with E-state index in [0.717, 1.165) is 6.42 Å². The summed E-state index contributed by atoms with van der Waals surface area (Å²) in [7, 11) is -2.96. The van der Waals surface area contributed by atoms with Crippen molar-refractivity contribution in [1.29, 1.82) is 0 Å². The molecule has 0 fully saturated rings. The van der Waals surface area contributed by atoms with Gasteiger partial charge in [0.1, 0.15) is 0 Å². The molecular formula is C12H27NO3S. The lowest BCUT2D eigenvalue weighted by atomic mass is 9.88. The molecule has 5 heteroatoms. The molecule has 0 aliphatic carbocycles. The van der Waals surface area contributed by atoms with Gasteiger partial charge in [-0.05, 0) is 18.8 Å². The van der Waals surface area contributed by atoms with Crippen LogP contribution < -0.4 is 5.32 Å². The van der Waals surface area contributed by atoms with Gasteiger partial charge >= 0.3 is 0 Å². The molecule has 0 heterocycles. The minimum Gasteiger partial charge on any atom is -0.395 e. The monoisotopic (exact) mass is 265 g/mol. The molecule has 0 spiro atoms.